The molecule has 0 aromatic rings. The quantitative estimate of drug-likeness (QED) is 0.0278. The Morgan fingerprint density at radius 2 is 0.632 bits per heavy atom. The van der Waals surface area contributed by atoms with E-state index in [1.165, 1.54) is 56.7 Å². The Hall–Kier alpha value is -3.47. The molecular formula is C81H150N4O28S. The Bertz CT molecular complexity index is 2360. The Morgan fingerprint density at radius 3 is 0.947 bits per heavy atom. The third kappa shape index (κ3) is 43.7. The summed E-state index contributed by atoms with van der Waals surface area (Å²) in [6.07, 6.45) is -3.14. The second kappa shape index (κ2) is 61.8. The Kier molecular flexibility index (Phi) is 56.7. The van der Waals surface area contributed by atoms with Crippen LogP contribution in [0.1, 0.15) is 236 Å². The molecule has 3 saturated heterocycles. The van der Waals surface area contributed by atoms with Crippen LogP contribution in [0.15, 0.2) is 0 Å². The van der Waals surface area contributed by atoms with Gasteiger partial charge < -0.3 is 128 Å². The summed E-state index contributed by atoms with van der Waals surface area (Å²) in [6, 6.07) is -0.767. The highest BCUT2D eigenvalue weighted by Gasteiger charge is 2.45. The molecule has 0 saturated carbocycles. The van der Waals surface area contributed by atoms with Crippen molar-refractivity contribution in [1.82, 2.24) is 20.0 Å². The number of thioether (sulfide) groups is 1. The third-order valence-corrected chi connectivity index (χ3v) is 21.6. The summed E-state index contributed by atoms with van der Waals surface area (Å²) in [6.45, 7) is 23.9. The van der Waals surface area contributed by atoms with E-state index < -0.39 is 110 Å². The zero-order chi connectivity index (χ0) is 84.2. The second-order valence-corrected chi connectivity index (χ2v) is 32.4. The summed E-state index contributed by atoms with van der Waals surface area (Å²) in [5, 5.41) is 95.9. The molecule has 4 amide bonds. The third-order valence-electron chi connectivity index (χ3n) is 20.7. The largest absolute Gasteiger partial charge is 0.463 e. The molecule has 0 bridgehead atoms. The lowest BCUT2D eigenvalue weighted by atomic mass is 9.82. The van der Waals surface area contributed by atoms with Crippen LogP contribution in [0.2, 0.25) is 0 Å². The van der Waals surface area contributed by atoms with E-state index in [1.807, 2.05) is 41.5 Å². The first kappa shape index (κ1) is 105. The fourth-order valence-electron chi connectivity index (χ4n) is 13.6. The fourth-order valence-corrected chi connectivity index (χ4v) is 14.2. The summed E-state index contributed by atoms with van der Waals surface area (Å²) in [5.74, 6) is -0.987. The summed E-state index contributed by atoms with van der Waals surface area (Å²) in [7, 11) is 0. The van der Waals surface area contributed by atoms with Crippen molar-refractivity contribution in [2.75, 3.05) is 131 Å². The molecule has 3 heterocycles. The highest BCUT2D eigenvalue weighted by atomic mass is 32.2. The molecule has 0 radical (unpaired) electrons. The molecule has 15 atom stereocenters. The van der Waals surface area contributed by atoms with Crippen LogP contribution in [0.25, 0.3) is 0 Å². The normalized spacial score (nSPS) is 24.0. The minimum atomic E-state index is -1.44. The number of aliphatic hydroxyl groups is 9. The van der Waals surface area contributed by atoms with Crippen molar-refractivity contribution >= 4 is 46.5 Å². The van der Waals surface area contributed by atoms with E-state index in [4.69, 9.17) is 61.6 Å². The van der Waals surface area contributed by atoms with Gasteiger partial charge in [0.2, 0.25) is 23.6 Å². The SMILES string of the molecule is CC(=O)SCCCCCCCCCCCOCCOCCOCCOCCOCCOCCOC(=O)CCC(=O)NC(CCC(=O)N(CCCCCO[C@H]1O[C@@H](C)[C@@H](O)[C@@H](O)[C@@H]1O)C(C)C)(CCC(=O)N(CCCCCO[C@H]1O[C@@H](C)[C@@H](O)[C@@H](O)[C@@H]1O)C(C)C)CCC(=O)N(CCCCCO[C@H]1O[C@@H](C)[C@@H](O)[C@@H](O)[C@@H]1O)C(C)C. The summed E-state index contributed by atoms with van der Waals surface area (Å²) >= 11 is 1.42. The number of rotatable bonds is 67. The van der Waals surface area contributed by atoms with Crippen molar-refractivity contribution in [2.24, 2.45) is 0 Å². The number of esters is 1. The lowest BCUT2D eigenvalue weighted by Gasteiger charge is -2.39. The topological polar surface area (TPSA) is 426 Å². The molecule has 3 fully saturated rings. The summed E-state index contributed by atoms with van der Waals surface area (Å²) < 4.78 is 73.2. The van der Waals surface area contributed by atoms with Crippen molar-refractivity contribution in [2.45, 2.75) is 352 Å². The van der Waals surface area contributed by atoms with E-state index in [9.17, 15) is 74.7 Å². The van der Waals surface area contributed by atoms with Crippen LogP contribution in [0.5, 0.6) is 0 Å². The van der Waals surface area contributed by atoms with Gasteiger partial charge in [0.15, 0.2) is 24.0 Å². The number of unbranched alkanes of at least 4 members (excludes halogenated alkanes) is 14. The highest BCUT2D eigenvalue weighted by molar-refractivity contribution is 8.13. The molecule has 10 N–H and O–H groups in total. The Morgan fingerprint density at radius 1 is 0.351 bits per heavy atom. The zero-order valence-electron chi connectivity index (χ0n) is 70.5. The number of nitrogens with zero attached hydrogens (tertiary/aromatic N) is 3. The van der Waals surface area contributed by atoms with Crippen LogP contribution < -0.4 is 5.32 Å². The second-order valence-electron chi connectivity index (χ2n) is 31.1. The van der Waals surface area contributed by atoms with E-state index in [-0.39, 0.29) is 139 Å². The first-order valence-electron chi connectivity index (χ1n) is 42.4. The molecule has 0 aliphatic carbocycles. The molecule has 33 heteroatoms. The van der Waals surface area contributed by atoms with E-state index in [0.29, 0.717) is 130 Å². The van der Waals surface area contributed by atoms with Gasteiger partial charge in [-0.3, -0.25) is 28.8 Å². The predicted octanol–water partition coefficient (Wildman–Crippen LogP) is 5.15. The average Bonchev–Trinajstić information content (AvgIpc) is 0.844. The first-order chi connectivity index (χ1) is 54.5. The molecule has 0 aromatic heterocycles. The minimum Gasteiger partial charge on any atom is -0.463 e. The van der Waals surface area contributed by atoms with Gasteiger partial charge in [-0.25, -0.2) is 0 Å². The molecule has 0 aromatic carbocycles. The molecule has 668 valence electrons. The molecule has 0 unspecified atom stereocenters. The van der Waals surface area contributed by atoms with E-state index >= 15 is 0 Å². The molecule has 3 aliphatic heterocycles. The van der Waals surface area contributed by atoms with Crippen LogP contribution in [0.4, 0.5) is 0 Å². The number of hydrogen-bond donors (Lipinski definition) is 10. The molecular weight excluding hydrogens is 1510 g/mol. The molecule has 0 spiro atoms. The maximum Gasteiger partial charge on any atom is 0.306 e. The molecule has 3 rings (SSSR count). The lowest BCUT2D eigenvalue weighted by Crippen LogP contribution is -2.57. The monoisotopic (exact) mass is 1660 g/mol. The first-order valence-corrected chi connectivity index (χ1v) is 43.4. The van der Waals surface area contributed by atoms with Gasteiger partial charge in [0.05, 0.1) is 97.4 Å². The van der Waals surface area contributed by atoms with Gasteiger partial charge >= 0.3 is 5.97 Å². The maximum atomic E-state index is 14.6. The highest BCUT2D eigenvalue weighted by Crippen LogP contribution is 2.31. The Balaban J connectivity index is 1.61. The van der Waals surface area contributed by atoms with Crippen molar-refractivity contribution in [1.29, 1.82) is 0 Å². The van der Waals surface area contributed by atoms with Crippen molar-refractivity contribution in [3.63, 3.8) is 0 Å². The van der Waals surface area contributed by atoms with Crippen LogP contribution in [-0.2, 0) is 90.3 Å². The minimum absolute atomic E-state index is 0.0140. The van der Waals surface area contributed by atoms with Gasteiger partial charge in [0.25, 0.3) is 0 Å². The van der Waals surface area contributed by atoms with Crippen molar-refractivity contribution in [3.05, 3.63) is 0 Å². The van der Waals surface area contributed by atoms with Gasteiger partial charge in [-0.1, -0.05) is 56.7 Å². The number of nitrogens with one attached hydrogen (secondary N) is 1. The number of aliphatic hydroxyl groups excluding tert-OH is 9. The number of ether oxygens (including phenoxy) is 13. The van der Waals surface area contributed by atoms with Gasteiger partial charge in [0.1, 0.15) is 61.5 Å². The zero-order valence-corrected chi connectivity index (χ0v) is 71.3. The Labute approximate surface area is 682 Å². The van der Waals surface area contributed by atoms with Gasteiger partial charge in [-0.05, 0) is 152 Å². The maximum absolute atomic E-state index is 14.6. The smallest absolute Gasteiger partial charge is 0.306 e. The van der Waals surface area contributed by atoms with E-state index in [1.54, 1.807) is 42.4 Å². The molecule has 114 heavy (non-hydrogen) atoms. The number of carbonyl (C=O) groups excluding carboxylic acids is 6. The standard InChI is InChI=1S/C81H150N4O28S/c1-57(2)83(37-21-18-25-41-108-78-75(98)72(95)69(92)60(7)111-78)65(88)31-34-81(35-32-66(89)84(58(3)4)38-22-19-26-42-109-79-76(99)73(96)70(93)61(8)112-79,36-33-67(90)85(59(5)6)39-23-20-27-43-110-80-77(100)74(97)71(94)62(9)113-80)82-64(87)29-30-68(91)107-55-54-106-53-52-105-51-50-104-49-48-103-47-46-102-45-44-101-40-24-16-14-12-11-13-15-17-28-56-114-63(10)86/h57-62,69-80,92-100H,11-56H2,1-10H3,(H,82,87)/t60-,61-,62-,69+,70+,71+,72+,73+,74+,75-,76-,77-,78-,79-,80-/m0/s1. The van der Waals surface area contributed by atoms with Crippen LogP contribution in [-0.4, -0.2) is 342 Å². The average molecular weight is 1660 g/mol. The van der Waals surface area contributed by atoms with Gasteiger partial charge in [-0.15, -0.1) is 0 Å². The summed E-state index contributed by atoms with van der Waals surface area (Å²) in [4.78, 5) is 87.9. The predicted molar refractivity (Wildman–Crippen MR) is 425 cm³/mol. The van der Waals surface area contributed by atoms with E-state index in [0.717, 1.165) is 25.2 Å². The van der Waals surface area contributed by atoms with Gasteiger partial charge in [-0.2, -0.15) is 0 Å². The van der Waals surface area contributed by atoms with Crippen LogP contribution in [0, 0.1) is 0 Å². The fraction of sp³-hybridized carbons (Fsp3) is 0.926. The van der Waals surface area contributed by atoms with E-state index in [2.05, 4.69) is 5.32 Å². The number of carbonyl (C=O) groups is 6. The van der Waals surface area contributed by atoms with Crippen molar-refractivity contribution < 1.29 is 136 Å². The van der Waals surface area contributed by atoms with Crippen LogP contribution in [0.3, 0.4) is 0 Å². The summed E-state index contributed by atoms with van der Waals surface area (Å²) in [5.41, 5.74) is -1.35. The van der Waals surface area contributed by atoms with Crippen molar-refractivity contribution in [3.8, 4) is 0 Å². The van der Waals surface area contributed by atoms with Crippen LogP contribution >= 0.6 is 11.8 Å². The number of amides is 4. The van der Waals surface area contributed by atoms with Gasteiger partial charge in [0, 0.05) is 108 Å². The molecule has 3 aliphatic rings. The number of hydrogen-bond acceptors (Lipinski definition) is 29. The molecule has 32 nitrogen and oxygen atoms in total. The lowest BCUT2D eigenvalue weighted by molar-refractivity contribution is -0.293.